The van der Waals surface area contributed by atoms with Crippen molar-refractivity contribution >= 4 is 11.0 Å². The smallest absolute Gasteiger partial charge is 0.143 e. The third-order valence-corrected chi connectivity index (χ3v) is 4.11. The number of fused-ring (bicyclic) bond motifs is 1. The van der Waals surface area contributed by atoms with Gasteiger partial charge in [0.15, 0.2) is 0 Å². The first-order chi connectivity index (χ1) is 11.7. The summed E-state index contributed by atoms with van der Waals surface area (Å²) in [5.74, 6) is 1.89. The number of hydrogen-bond donors (Lipinski definition) is 1. The van der Waals surface area contributed by atoms with E-state index in [9.17, 15) is 5.11 Å². The van der Waals surface area contributed by atoms with Gasteiger partial charge in [-0.3, -0.25) is 0 Å². The first-order valence-electron chi connectivity index (χ1n) is 8.04. The van der Waals surface area contributed by atoms with Gasteiger partial charge in [-0.1, -0.05) is 19.1 Å². The standard InChI is InChI=1S/C19H22N2O3/c1-4-11-21-16-8-6-5-7-15(16)20-19(21)18(22)14-12-13(23-2)9-10-17(14)24-3/h5-10,12,18,22H,4,11H2,1-3H3/t18-/m0/s1. The van der Waals surface area contributed by atoms with Gasteiger partial charge in [0.2, 0.25) is 0 Å². The number of imidazole rings is 1. The Kier molecular flexibility index (Phi) is 4.71. The van der Waals surface area contributed by atoms with Crippen LogP contribution >= 0.6 is 0 Å². The van der Waals surface area contributed by atoms with Crippen molar-refractivity contribution in [1.82, 2.24) is 9.55 Å². The number of ether oxygens (including phenoxy) is 2. The lowest BCUT2D eigenvalue weighted by atomic mass is 10.1. The summed E-state index contributed by atoms with van der Waals surface area (Å²) >= 11 is 0. The minimum Gasteiger partial charge on any atom is -0.497 e. The normalized spacial score (nSPS) is 12.3. The van der Waals surface area contributed by atoms with Crippen LogP contribution in [0.2, 0.25) is 0 Å². The topological polar surface area (TPSA) is 56.5 Å². The summed E-state index contributed by atoms with van der Waals surface area (Å²) in [5, 5.41) is 11.0. The van der Waals surface area contributed by atoms with Crippen LogP contribution in [0.25, 0.3) is 11.0 Å². The highest BCUT2D eigenvalue weighted by atomic mass is 16.5. The molecule has 0 radical (unpaired) electrons. The molecule has 1 atom stereocenters. The molecular weight excluding hydrogens is 304 g/mol. The molecule has 3 aromatic rings. The van der Waals surface area contributed by atoms with Crippen LogP contribution in [0.1, 0.15) is 30.8 Å². The zero-order chi connectivity index (χ0) is 17.1. The molecule has 0 aliphatic heterocycles. The van der Waals surface area contributed by atoms with E-state index in [1.807, 2.05) is 30.3 Å². The summed E-state index contributed by atoms with van der Waals surface area (Å²) in [5.41, 5.74) is 2.54. The number of aliphatic hydroxyl groups excluding tert-OH is 1. The van der Waals surface area contributed by atoms with Gasteiger partial charge in [0.25, 0.3) is 0 Å². The van der Waals surface area contributed by atoms with Gasteiger partial charge in [-0.2, -0.15) is 0 Å². The van der Waals surface area contributed by atoms with Gasteiger partial charge in [0.1, 0.15) is 23.4 Å². The third kappa shape index (κ3) is 2.83. The zero-order valence-electron chi connectivity index (χ0n) is 14.2. The minimum atomic E-state index is -0.894. The number of hydrogen-bond acceptors (Lipinski definition) is 4. The summed E-state index contributed by atoms with van der Waals surface area (Å²) in [6, 6.07) is 13.3. The molecule has 0 saturated carbocycles. The molecule has 0 spiro atoms. The Balaban J connectivity index is 2.14. The van der Waals surface area contributed by atoms with E-state index >= 15 is 0 Å². The van der Waals surface area contributed by atoms with Crippen molar-refractivity contribution in [2.24, 2.45) is 0 Å². The zero-order valence-corrected chi connectivity index (χ0v) is 14.2. The van der Waals surface area contributed by atoms with Gasteiger partial charge < -0.3 is 19.1 Å². The molecule has 0 fully saturated rings. The van der Waals surface area contributed by atoms with E-state index in [4.69, 9.17) is 9.47 Å². The number of para-hydroxylation sites is 2. The Bertz CT molecular complexity index is 842. The molecule has 0 saturated heterocycles. The SMILES string of the molecule is CCCn1c([C@@H](O)c2cc(OC)ccc2OC)nc2ccccc21. The van der Waals surface area contributed by atoms with E-state index in [0.29, 0.717) is 22.9 Å². The highest BCUT2D eigenvalue weighted by molar-refractivity contribution is 5.76. The molecule has 1 heterocycles. The predicted molar refractivity (Wildman–Crippen MR) is 93.6 cm³/mol. The van der Waals surface area contributed by atoms with E-state index in [1.54, 1.807) is 26.4 Å². The van der Waals surface area contributed by atoms with Crippen molar-refractivity contribution in [2.45, 2.75) is 26.0 Å². The fourth-order valence-corrected chi connectivity index (χ4v) is 2.95. The van der Waals surface area contributed by atoms with Crippen LogP contribution in [0.3, 0.4) is 0 Å². The average Bonchev–Trinajstić information content (AvgIpc) is 2.99. The van der Waals surface area contributed by atoms with Crippen LogP contribution in [-0.2, 0) is 6.54 Å². The Morgan fingerprint density at radius 2 is 1.92 bits per heavy atom. The van der Waals surface area contributed by atoms with Gasteiger partial charge in [-0.25, -0.2) is 4.98 Å². The second kappa shape index (κ2) is 6.93. The van der Waals surface area contributed by atoms with Gasteiger partial charge in [0, 0.05) is 12.1 Å². The van der Waals surface area contributed by atoms with Crippen molar-refractivity contribution in [3.8, 4) is 11.5 Å². The van der Waals surface area contributed by atoms with E-state index < -0.39 is 6.10 Å². The Labute approximate surface area is 141 Å². The van der Waals surface area contributed by atoms with Crippen LogP contribution in [0.15, 0.2) is 42.5 Å². The molecule has 126 valence electrons. The lowest BCUT2D eigenvalue weighted by Crippen LogP contribution is -2.11. The number of aryl methyl sites for hydroxylation is 1. The van der Waals surface area contributed by atoms with Gasteiger partial charge >= 0.3 is 0 Å². The monoisotopic (exact) mass is 326 g/mol. The number of aromatic nitrogens is 2. The molecular formula is C19H22N2O3. The Morgan fingerprint density at radius 1 is 1.12 bits per heavy atom. The molecule has 1 N–H and O–H groups in total. The van der Waals surface area contributed by atoms with E-state index in [1.165, 1.54) is 0 Å². The maximum Gasteiger partial charge on any atom is 0.143 e. The summed E-state index contributed by atoms with van der Waals surface area (Å²) < 4.78 is 12.8. The minimum absolute atomic E-state index is 0.610. The van der Waals surface area contributed by atoms with Crippen LogP contribution in [0.5, 0.6) is 11.5 Å². The first kappa shape index (κ1) is 16.3. The van der Waals surface area contributed by atoms with E-state index in [0.717, 1.165) is 24.0 Å². The highest BCUT2D eigenvalue weighted by Gasteiger charge is 2.23. The molecule has 1 aromatic heterocycles. The van der Waals surface area contributed by atoms with Crippen molar-refractivity contribution in [3.05, 3.63) is 53.9 Å². The maximum absolute atomic E-state index is 11.0. The number of benzene rings is 2. The molecule has 0 amide bonds. The summed E-state index contributed by atoms with van der Waals surface area (Å²) in [4.78, 5) is 4.66. The second-order valence-electron chi connectivity index (χ2n) is 5.62. The maximum atomic E-state index is 11.0. The summed E-state index contributed by atoms with van der Waals surface area (Å²) in [7, 11) is 3.19. The molecule has 24 heavy (non-hydrogen) atoms. The fourth-order valence-electron chi connectivity index (χ4n) is 2.95. The van der Waals surface area contributed by atoms with Crippen LogP contribution < -0.4 is 9.47 Å². The Morgan fingerprint density at radius 3 is 2.62 bits per heavy atom. The lowest BCUT2D eigenvalue weighted by molar-refractivity contribution is 0.199. The van der Waals surface area contributed by atoms with Gasteiger partial charge in [-0.15, -0.1) is 0 Å². The van der Waals surface area contributed by atoms with Crippen molar-refractivity contribution in [2.75, 3.05) is 14.2 Å². The molecule has 0 aliphatic carbocycles. The number of nitrogens with zero attached hydrogens (tertiary/aromatic N) is 2. The predicted octanol–water partition coefficient (Wildman–Crippen LogP) is 3.55. The van der Waals surface area contributed by atoms with Gasteiger partial charge in [-0.05, 0) is 36.8 Å². The summed E-state index contributed by atoms with van der Waals surface area (Å²) in [6.45, 7) is 2.90. The van der Waals surface area contributed by atoms with Crippen molar-refractivity contribution in [1.29, 1.82) is 0 Å². The van der Waals surface area contributed by atoms with E-state index in [-0.39, 0.29) is 0 Å². The highest BCUT2D eigenvalue weighted by Crippen LogP contribution is 2.34. The molecule has 5 nitrogen and oxygen atoms in total. The number of methoxy groups -OCH3 is 2. The van der Waals surface area contributed by atoms with Crippen molar-refractivity contribution < 1.29 is 14.6 Å². The number of rotatable bonds is 6. The Hall–Kier alpha value is -2.53. The summed E-state index contributed by atoms with van der Waals surface area (Å²) in [6.07, 6.45) is 0.0592. The van der Waals surface area contributed by atoms with Crippen LogP contribution in [0, 0.1) is 0 Å². The first-order valence-corrected chi connectivity index (χ1v) is 8.04. The molecule has 5 heteroatoms. The average molecular weight is 326 g/mol. The van der Waals surface area contributed by atoms with E-state index in [2.05, 4.69) is 16.5 Å². The molecule has 0 aliphatic rings. The van der Waals surface area contributed by atoms with Crippen LogP contribution in [0.4, 0.5) is 0 Å². The lowest BCUT2D eigenvalue weighted by Gasteiger charge is -2.17. The van der Waals surface area contributed by atoms with Gasteiger partial charge in [0.05, 0.1) is 25.3 Å². The molecule has 0 unspecified atom stereocenters. The molecule has 2 aromatic carbocycles. The molecule has 0 bridgehead atoms. The quantitative estimate of drug-likeness (QED) is 0.753. The second-order valence-corrected chi connectivity index (χ2v) is 5.62. The largest absolute Gasteiger partial charge is 0.497 e. The number of aliphatic hydroxyl groups is 1. The third-order valence-electron chi connectivity index (χ3n) is 4.11. The van der Waals surface area contributed by atoms with Crippen molar-refractivity contribution in [3.63, 3.8) is 0 Å². The fraction of sp³-hybridized carbons (Fsp3) is 0.316. The molecule has 3 rings (SSSR count). The van der Waals surface area contributed by atoms with Crippen LogP contribution in [-0.4, -0.2) is 28.9 Å².